The van der Waals surface area contributed by atoms with Gasteiger partial charge in [-0.15, -0.1) is 0 Å². The smallest absolute Gasteiger partial charge is 0.300 e. The fraction of sp³-hybridized carbons (Fsp3) is 0.0435. The predicted molar refractivity (Wildman–Crippen MR) is 109 cm³/mol. The maximum Gasteiger partial charge on any atom is 0.300 e. The Labute approximate surface area is 171 Å². The number of amides is 1. The molecule has 0 aliphatic carbocycles. The van der Waals surface area contributed by atoms with Crippen LogP contribution >= 0.6 is 11.6 Å². The van der Waals surface area contributed by atoms with Gasteiger partial charge in [0.2, 0.25) is 0 Å². The van der Waals surface area contributed by atoms with Crippen LogP contribution in [0.15, 0.2) is 84.4 Å². The second kappa shape index (κ2) is 7.53. The van der Waals surface area contributed by atoms with Crippen molar-refractivity contribution in [3.8, 4) is 0 Å². The van der Waals surface area contributed by atoms with Gasteiger partial charge in [0.25, 0.3) is 11.7 Å². The van der Waals surface area contributed by atoms with Crippen molar-refractivity contribution in [1.82, 2.24) is 0 Å². The van der Waals surface area contributed by atoms with Gasteiger partial charge in [0.05, 0.1) is 11.6 Å². The SMILES string of the molecule is O=C1C(=O)N(c2ccc(Cl)cc2)[C@H](c2ccccc2F)/C1=C(\O)c1ccccc1. The molecule has 1 atom stereocenters. The zero-order valence-corrected chi connectivity index (χ0v) is 15.8. The number of ketones is 1. The number of rotatable bonds is 3. The molecule has 0 radical (unpaired) electrons. The molecule has 0 saturated carbocycles. The molecular weight excluding hydrogens is 393 g/mol. The number of hydrogen-bond acceptors (Lipinski definition) is 3. The molecule has 1 heterocycles. The summed E-state index contributed by atoms with van der Waals surface area (Å²) < 4.78 is 14.7. The normalized spacial score (nSPS) is 18.3. The highest BCUT2D eigenvalue weighted by molar-refractivity contribution is 6.51. The van der Waals surface area contributed by atoms with Crippen LogP contribution in [0.1, 0.15) is 17.2 Å². The van der Waals surface area contributed by atoms with Crippen molar-refractivity contribution < 1.29 is 19.1 Å². The summed E-state index contributed by atoms with van der Waals surface area (Å²) in [6.07, 6.45) is 0. The van der Waals surface area contributed by atoms with Crippen molar-refractivity contribution in [2.75, 3.05) is 4.90 Å². The fourth-order valence-corrected chi connectivity index (χ4v) is 3.57. The van der Waals surface area contributed by atoms with Gasteiger partial charge >= 0.3 is 0 Å². The number of aliphatic hydroxyl groups is 1. The van der Waals surface area contributed by atoms with Gasteiger partial charge < -0.3 is 5.11 Å². The lowest BCUT2D eigenvalue weighted by atomic mass is 9.95. The topological polar surface area (TPSA) is 57.6 Å². The Morgan fingerprint density at radius 2 is 1.52 bits per heavy atom. The number of nitrogens with zero attached hydrogens (tertiary/aromatic N) is 1. The van der Waals surface area contributed by atoms with Crippen LogP contribution in [0.5, 0.6) is 0 Å². The maximum atomic E-state index is 14.7. The molecule has 4 rings (SSSR count). The zero-order valence-electron chi connectivity index (χ0n) is 15.0. The molecule has 0 aromatic heterocycles. The van der Waals surface area contributed by atoms with Gasteiger partial charge in [-0.2, -0.15) is 0 Å². The molecule has 29 heavy (non-hydrogen) atoms. The summed E-state index contributed by atoms with van der Waals surface area (Å²) in [5.74, 6) is -2.67. The van der Waals surface area contributed by atoms with E-state index in [0.717, 1.165) is 0 Å². The van der Waals surface area contributed by atoms with Crippen LogP contribution in [0, 0.1) is 5.82 Å². The summed E-state index contributed by atoms with van der Waals surface area (Å²) in [7, 11) is 0. The molecule has 1 amide bonds. The third-order valence-corrected chi connectivity index (χ3v) is 5.05. The highest BCUT2D eigenvalue weighted by atomic mass is 35.5. The molecule has 4 nitrogen and oxygen atoms in total. The summed E-state index contributed by atoms with van der Waals surface area (Å²) in [5, 5.41) is 11.3. The molecule has 3 aromatic carbocycles. The first-order valence-electron chi connectivity index (χ1n) is 8.85. The van der Waals surface area contributed by atoms with E-state index in [1.54, 1.807) is 60.7 Å². The number of halogens is 2. The third kappa shape index (κ3) is 3.30. The van der Waals surface area contributed by atoms with Crippen LogP contribution < -0.4 is 4.90 Å². The average molecular weight is 408 g/mol. The molecule has 1 fully saturated rings. The van der Waals surface area contributed by atoms with E-state index in [4.69, 9.17) is 11.6 Å². The Balaban J connectivity index is 1.97. The van der Waals surface area contributed by atoms with Crippen molar-refractivity contribution in [1.29, 1.82) is 0 Å². The van der Waals surface area contributed by atoms with Crippen molar-refractivity contribution >= 4 is 34.7 Å². The van der Waals surface area contributed by atoms with E-state index in [0.29, 0.717) is 16.3 Å². The van der Waals surface area contributed by atoms with E-state index in [1.165, 1.54) is 23.1 Å². The highest BCUT2D eigenvalue weighted by Gasteiger charge is 2.47. The maximum absolute atomic E-state index is 14.7. The summed E-state index contributed by atoms with van der Waals surface area (Å²) in [6, 6.07) is 19.4. The number of hydrogen-bond donors (Lipinski definition) is 1. The van der Waals surface area contributed by atoms with Gasteiger partial charge in [-0.05, 0) is 30.3 Å². The Morgan fingerprint density at radius 1 is 0.897 bits per heavy atom. The second-order valence-corrected chi connectivity index (χ2v) is 6.97. The van der Waals surface area contributed by atoms with Gasteiger partial charge in [-0.3, -0.25) is 14.5 Å². The van der Waals surface area contributed by atoms with Crippen LogP contribution in [-0.4, -0.2) is 16.8 Å². The highest BCUT2D eigenvalue weighted by Crippen LogP contribution is 2.42. The van der Waals surface area contributed by atoms with E-state index >= 15 is 0 Å². The van der Waals surface area contributed by atoms with Crippen LogP contribution in [0.25, 0.3) is 5.76 Å². The summed E-state index contributed by atoms with van der Waals surface area (Å²) in [6.45, 7) is 0. The average Bonchev–Trinajstić information content (AvgIpc) is 3.00. The zero-order chi connectivity index (χ0) is 20.5. The van der Waals surface area contributed by atoms with Crippen LogP contribution in [-0.2, 0) is 9.59 Å². The quantitative estimate of drug-likeness (QED) is 0.373. The molecule has 1 aliphatic rings. The Morgan fingerprint density at radius 3 is 2.17 bits per heavy atom. The van der Waals surface area contributed by atoms with E-state index < -0.39 is 23.5 Å². The number of carbonyl (C=O) groups excluding carboxylic acids is 2. The summed E-state index contributed by atoms with van der Waals surface area (Å²) in [5.41, 5.74) is 0.681. The van der Waals surface area contributed by atoms with Gasteiger partial charge in [-0.25, -0.2) is 4.39 Å². The largest absolute Gasteiger partial charge is 0.507 e. The van der Waals surface area contributed by atoms with E-state index in [2.05, 4.69) is 0 Å². The number of anilines is 1. The fourth-order valence-electron chi connectivity index (χ4n) is 3.44. The minimum atomic E-state index is -1.11. The summed E-state index contributed by atoms with van der Waals surface area (Å²) in [4.78, 5) is 27.0. The lowest BCUT2D eigenvalue weighted by molar-refractivity contribution is -0.132. The third-order valence-electron chi connectivity index (χ3n) is 4.80. The van der Waals surface area contributed by atoms with Crippen molar-refractivity contribution in [2.24, 2.45) is 0 Å². The van der Waals surface area contributed by atoms with Gasteiger partial charge in [-0.1, -0.05) is 60.1 Å². The first kappa shape index (κ1) is 18.9. The molecule has 144 valence electrons. The molecule has 0 spiro atoms. The van der Waals surface area contributed by atoms with E-state index in [9.17, 15) is 19.1 Å². The lowest BCUT2D eigenvalue weighted by Gasteiger charge is -2.25. The van der Waals surface area contributed by atoms with Crippen LogP contribution in [0.3, 0.4) is 0 Å². The van der Waals surface area contributed by atoms with E-state index in [1.807, 2.05) is 0 Å². The summed E-state index contributed by atoms with van der Waals surface area (Å²) >= 11 is 5.94. The minimum Gasteiger partial charge on any atom is -0.507 e. The first-order valence-corrected chi connectivity index (χ1v) is 9.23. The number of Topliss-reactive ketones (excluding diaryl/α,β-unsaturated/α-hetero) is 1. The molecule has 1 N–H and O–H groups in total. The van der Waals surface area contributed by atoms with Crippen molar-refractivity contribution in [3.63, 3.8) is 0 Å². The monoisotopic (exact) mass is 407 g/mol. The molecule has 1 aliphatic heterocycles. The molecular formula is C23H15ClFNO3. The molecule has 0 unspecified atom stereocenters. The lowest BCUT2D eigenvalue weighted by Crippen LogP contribution is -2.29. The van der Waals surface area contributed by atoms with E-state index in [-0.39, 0.29) is 16.9 Å². The molecule has 1 saturated heterocycles. The Kier molecular flexibility index (Phi) is 4.91. The second-order valence-electron chi connectivity index (χ2n) is 6.53. The van der Waals surface area contributed by atoms with Gasteiger partial charge in [0.15, 0.2) is 0 Å². The van der Waals surface area contributed by atoms with Gasteiger partial charge in [0.1, 0.15) is 11.6 Å². The molecule has 6 heteroatoms. The Bertz CT molecular complexity index is 1130. The molecule has 0 bridgehead atoms. The van der Waals surface area contributed by atoms with Crippen molar-refractivity contribution in [3.05, 3.63) is 106 Å². The van der Waals surface area contributed by atoms with Crippen LogP contribution in [0.4, 0.5) is 10.1 Å². The van der Waals surface area contributed by atoms with Crippen molar-refractivity contribution in [2.45, 2.75) is 6.04 Å². The van der Waals surface area contributed by atoms with Gasteiger partial charge in [0, 0.05) is 21.8 Å². The minimum absolute atomic E-state index is 0.110. The predicted octanol–water partition coefficient (Wildman–Crippen LogP) is 5.11. The number of aliphatic hydroxyl groups excluding tert-OH is 1. The standard InChI is InChI=1S/C23H15ClFNO3/c24-15-10-12-16(13-11-15)26-20(17-8-4-5-9-18(17)25)19(22(28)23(26)29)21(27)14-6-2-1-3-7-14/h1-13,20,27H/b21-19+/t20-/m1/s1. The number of carbonyl (C=O) groups is 2. The van der Waals surface area contributed by atoms with Crippen LogP contribution in [0.2, 0.25) is 5.02 Å². The Hall–Kier alpha value is -3.44. The molecule has 3 aromatic rings. The number of benzene rings is 3. The first-order chi connectivity index (χ1) is 14.0.